The highest BCUT2D eigenvalue weighted by Crippen LogP contribution is 2.30. The molecule has 1 atom stereocenters. The maximum atomic E-state index is 11.3. The third-order valence-electron chi connectivity index (χ3n) is 2.26. The molecule has 0 fully saturated rings. The van der Waals surface area contributed by atoms with Gasteiger partial charge in [-0.15, -0.1) is 0 Å². The van der Waals surface area contributed by atoms with Gasteiger partial charge in [-0.05, 0) is 12.2 Å². The van der Waals surface area contributed by atoms with Crippen LogP contribution in [0.3, 0.4) is 0 Å². The third kappa shape index (κ3) is 2.96. The van der Waals surface area contributed by atoms with E-state index in [-0.39, 0.29) is 0 Å². The van der Waals surface area contributed by atoms with Gasteiger partial charge in [0.05, 0.1) is 4.91 Å². The molecule has 1 amide bonds. The molecule has 0 aromatic heterocycles. The second-order valence-corrected chi connectivity index (χ2v) is 6.84. The molecule has 0 aliphatic heterocycles. The summed E-state index contributed by atoms with van der Waals surface area (Å²) in [5, 5.41) is 1.96. The maximum absolute atomic E-state index is 11.3. The lowest BCUT2D eigenvalue weighted by atomic mass is 10.1. The minimum atomic E-state index is -4.81. The van der Waals surface area contributed by atoms with Crippen LogP contribution in [-0.2, 0) is 25.0 Å². The average molecular weight is 297 g/mol. The molecule has 102 valence electrons. The Labute approximate surface area is 104 Å². The van der Waals surface area contributed by atoms with Gasteiger partial charge in [0.1, 0.15) is 0 Å². The zero-order valence-corrected chi connectivity index (χ0v) is 10.8. The Balaban J connectivity index is 3.32. The van der Waals surface area contributed by atoms with Crippen molar-refractivity contribution in [3.8, 4) is 0 Å². The lowest BCUT2D eigenvalue weighted by molar-refractivity contribution is -0.119. The van der Waals surface area contributed by atoms with Gasteiger partial charge < -0.3 is 5.32 Å². The SMILES string of the molecule is CC(=O)NC1(S(=O)(=O)O)C=CC=C(S(=O)(=O)O)C1. The summed E-state index contributed by atoms with van der Waals surface area (Å²) in [5.41, 5.74) is 0. The monoisotopic (exact) mass is 297 g/mol. The van der Waals surface area contributed by atoms with Crippen molar-refractivity contribution in [2.24, 2.45) is 0 Å². The predicted octanol–water partition coefficient (Wildman–Crippen LogP) is -0.562. The van der Waals surface area contributed by atoms with Gasteiger partial charge in [0.2, 0.25) is 5.91 Å². The molecule has 0 saturated carbocycles. The van der Waals surface area contributed by atoms with Crippen molar-refractivity contribution < 1.29 is 30.7 Å². The number of allylic oxidation sites excluding steroid dienone is 2. The molecule has 1 aliphatic rings. The standard InChI is InChI=1S/C8H11NO7S2/c1-6(10)9-8(18(14,15)16)4-2-3-7(5-8)17(11,12)13/h2-4H,5H2,1H3,(H,9,10)(H,11,12,13)(H,14,15,16). The van der Waals surface area contributed by atoms with Crippen LogP contribution in [0.5, 0.6) is 0 Å². The first-order chi connectivity index (χ1) is 7.98. The highest BCUT2D eigenvalue weighted by atomic mass is 32.2. The van der Waals surface area contributed by atoms with E-state index in [9.17, 15) is 21.6 Å². The van der Waals surface area contributed by atoms with Crippen LogP contribution in [0.15, 0.2) is 23.1 Å². The van der Waals surface area contributed by atoms with Gasteiger partial charge in [-0.25, -0.2) is 0 Å². The van der Waals surface area contributed by atoms with Crippen molar-refractivity contribution in [2.45, 2.75) is 18.2 Å². The zero-order valence-electron chi connectivity index (χ0n) is 9.19. The molecule has 0 aromatic carbocycles. The van der Waals surface area contributed by atoms with Gasteiger partial charge in [-0.2, -0.15) is 16.8 Å². The molecule has 0 bridgehead atoms. The molecule has 0 heterocycles. The fourth-order valence-corrected chi connectivity index (χ4v) is 3.10. The van der Waals surface area contributed by atoms with Crippen LogP contribution in [-0.4, -0.2) is 36.7 Å². The number of hydrogen-bond donors (Lipinski definition) is 3. The molecule has 1 rings (SSSR count). The van der Waals surface area contributed by atoms with Crippen molar-refractivity contribution in [3.63, 3.8) is 0 Å². The lowest BCUT2D eigenvalue weighted by Crippen LogP contribution is -2.53. The second kappa shape index (κ2) is 4.46. The summed E-state index contributed by atoms with van der Waals surface area (Å²) in [6.45, 7) is 1.01. The smallest absolute Gasteiger partial charge is 0.293 e. The summed E-state index contributed by atoms with van der Waals surface area (Å²) in [6, 6.07) is 0. The molecular formula is C8H11NO7S2. The lowest BCUT2D eigenvalue weighted by Gasteiger charge is -2.30. The molecule has 0 saturated heterocycles. The Morgan fingerprint density at radius 3 is 2.28 bits per heavy atom. The number of carbonyl (C=O) groups is 1. The Hall–Kier alpha value is -1.23. The maximum Gasteiger partial charge on any atom is 0.293 e. The van der Waals surface area contributed by atoms with Gasteiger partial charge in [0.15, 0.2) is 4.87 Å². The van der Waals surface area contributed by atoms with Gasteiger partial charge >= 0.3 is 0 Å². The summed E-state index contributed by atoms with van der Waals surface area (Å²) in [6.07, 6.45) is 2.12. The van der Waals surface area contributed by atoms with Crippen LogP contribution >= 0.6 is 0 Å². The summed E-state index contributed by atoms with van der Waals surface area (Å²) in [5.74, 6) is -0.783. The van der Waals surface area contributed by atoms with Crippen molar-refractivity contribution in [2.75, 3.05) is 0 Å². The summed E-state index contributed by atoms with van der Waals surface area (Å²) in [7, 11) is -9.42. The van der Waals surface area contributed by atoms with E-state index >= 15 is 0 Å². The van der Waals surface area contributed by atoms with Crippen LogP contribution < -0.4 is 5.32 Å². The van der Waals surface area contributed by atoms with Crippen LogP contribution in [0.1, 0.15) is 13.3 Å². The summed E-state index contributed by atoms with van der Waals surface area (Å²) >= 11 is 0. The molecule has 0 radical (unpaired) electrons. The largest absolute Gasteiger partial charge is 0.332 e. The van der Waals surface area contributed by atoms with E-state index < -0.39 is 42.3 Å². The second-order valence-electron chi connectivity index (χ2n) is 3.69. The predicted molar refractivity (Wildman–Crippen MR) is 61.5 cm³/mol. The van der Waals surface area contributed by atoms with Crippen LogP contribution in [0.2, 0.25) is 0 Å². The number of carbonyl (C=O) groups excluding carboxylic acids is 1. The Bertz CT molecular complexity index is 628. The van der Waals surface area contributed by atoms with Gasteiger partial charge in [0.25, 0.3) is 20.2 Å². The highest BCUT2D eigenvalue weighted by molar-refractivity contribution is 7.90. The van der Waals surface area contributed by atoms with Crippen molar-refractivity contribution >= 4 is 26.1 Å². The fourth-order valence-electron chi connectivity index (χ4n) is 1.49. The van der Waals surface area contributed by atoms with Crippen LogP contribution in [0.25, 0.3) is 0 Å². The van der Waals surface area contributed by atoms with Crippen LogP contribution in [0.4, 0.5) is 0 Å². The molecule has 8 nitrogen and oxygen atoms in total. The first-order valence-corrected chi connectivity index (χ1v) is 7.48. The minimum absolute atomic E-state index is 0.628. The molecule has 10 heteroatoms. The Morgan fingerprint density at radius 1 is 1.33 bits per heavy atom. The molecule has 0 aromatic rings. The number of amides is 1. The summed E-state index contributed by atoms with van der Waals surface area (Å²) in [4.78, 5) is 8.05. The van der Waals surface area contributed by atoms with E-state index in [1.165, 1.54) is 0 Å². The first-order valence-electron chi connectivity index (χ1n) is 4.60. The van der Waals surface area contributed by atoms with E-state index in [0.717, 1.165) is 25.2 Å². The van der Waals surface area contributed by atoms with Gasteiger partial charge in [-0.1, -0.05) is 6.08 Å². The average Bonchev–Trinajstić information content (AvgIpc) is 2.13. The molecule has 0 spiro atoms. The number of rotatable bonds is 3. The van der Waals surface area contributed by atoms with Crippen molar-refractivity contribution in [1.29, 1.82) is 0 Å². The molecule has 1 aliphatic carbocycles. The van der Waals surface area contributed by atoms with E-state index in [1.807, 2.05) is 5.32 Å². The summed E-state index contributed by atoms with van der Waals surface area (Å²) < 4.78 is 62.5. The zero-order chi connectivity index (χ0) is 14.2. The highest BCUT2D eigenvalue weighted by Gasteiger charge is 2.45. The fraction of sp³-hybridized carbons (Fsp3) is 0.375. The van der Waals surface area contributed by atoms with E-state index in [0.29, 0.717) is 0 Å². The number of nitrogens with one attached hydrogen (secondary N) is 1. The van der Waals surface area contributed by atoms with E-state index in [4.69, 9.17) is 9.11 Å². The van der Waals surface area contributed by atoms with Crippen molar-refractivity contribution in [1.82, 2.24) is 5.32 Å². The normalized spacial score (nSPS) is 24.5. The molecule has 1 unspecified atom stereocenters. The third-order valence-corrected chi connectivity index (χ3v) is 4.51. The first kappa shape index (κ1) is 14.8. The van der Waals surface area contributed by atoms with Gasteiger partial charge in [-0.3, -0.25) is 13.9 Å². The Morgan fingerprint density at radius 2 is 1.89 bits per heavy atom. The van der Waals surface area contributed by atoms with Crippen molar-refractivity contribution in [3.05, 3.63) is 23.1 Å². The van der Waals surface area contributed by atoms with Crippen LogP contribution in [0, 0.1) is 0 Å². The topological polar surface area (TPSA) is 138 Å². The van der Waals surface area contributed by atoms with E-state index in [1.54, 1.807) is 0 Å². The Kier molecular flexibility index (Phi) is 3.68. The molecule has 3 N–H and O–H groups in total. The molecule has 18 heavy (non-hydrogen) atoms. The van der Waals surface area contributed by atoms with Gasteiger partial charge in [0, 0.05) is 13.3 Å². The van der Waals surface area contributed by atoms with E-state index in [2.05, 4.69) is 0 Å². The quantitative estimate of drug-likeness (QED) is 0.593. The molecular weight excluding hydrogens is 286 g/mol. The number of hydrogen-bond acceptors (Lipinski definition) is 5. The minimum Gasteiger partial charge on any atom is -0.332 e.